The molecule has 1 saturated heterocycles. The molecule has 4 unspecified atom stereocenters. The maximum atomic E-state index is 15.1. The molecule has 1 fully saturated rings. The Balaban J connectivity index is 2.02. The van der Waals surface area contributed by atoms with Crippen molar-refractivity contribution < 1.29 is 52.7 Å². The fourth-order valence-corrected chi connectivity index (χ4v) is 5.74. The molecule has 4 rings (SSSR count). The molecule has 4 atom stereocenters. The molecule has 3 aromatic carbocycles. The first kappa shape index (κ1) is 36.0. The van der Waals surface area contributed by atoms with E-state index in [0.717, 1.165) is 4.90 Å². The minimum absolute atomic E-state index is 0.0174. The van der Waals surface area contributed by atoms with E-state index in [9.17, 15) is 19.5 Å². The van der Waals surface area contributed by atoms with Gasteiger partial charge < -0.3 is 34.1 Å². The Morgan fingerprint density at radius 1 is 0.854 bits per heavy atom. The van der Waals surface area contributed by atoms with Crippen LogP contribution >= 0.6 is 0 Å². The summed E-state index contributed by atoms with van der Waals surface area (Å²) >= 11 is 0. The van der Waals surface area contributed by atoms with Crippen LogP contribution in [0.2, 0.25) is 0 Å². The minimum atomic E-state index is -2.78. The highest BCUT2D eigenvalue weighted by Gasteiger charge is 2.69. The maximum absolute atomic E-state index is 15.1. The molecule has 0 spiro atoms. The summed E-state index contributed by atoms with van der Waals surface area (Å²) in [6, 6.07) is 21.8. The van der Waals surface area contributed by atoms with E-state index in [4.69, 9.17) is 28.4 Å². The molecule has 3 aromatic rings. The molecule has 0 aromatic heterocycles. The first-order chi connectivity index (χ1) is 23.1. The number of Topliss-reactive ketones (excluding diaryl/α,β-unsaturated/α-hetero) is 1. The summed E-state index contributed by atoms with van der Waals surface area (Å²) in [7, 11) is 4.25. The molecule has 0 bridgehead atoms. The first-order valence-electron chi connectivity index (χ1n) is 15.2. The van der Waals surface area contributed by atoms with Crippen molar-refractivity contribution in [2.24, 2.45) is 5.92 Å². The van der Waals surface area contributed by atoms with E-state index >= 15 is 4.79 Å². The van der Waals surface area contributed by atoms with Crippen molar-refractivity contribution >= 4 is 23.8 Å². The molecular weight excluding hydrogens is 624 g/mol. The van der Waals surface area contributed by atoms with Crippen molar-refractivity contribution in [3.63, 3.8) is 0 Å². The van der Waals surface area contributed by atoms with Crippen LogP contribution in [0.25, 0.3) is 0 Å². The van der Waals surface area contributed by atoms with Gasteiger partial charge in [-0.3, -0.25) is 14.3 Å². The summed E-state index contributed by atoms with van der Waals surface area (Å²) in [5.74, 6) is -5.47. The fraction of sp³-hybridized carbons (Fsp3) is 0.371. The van der Waals surface area contributed by atoms with Crippen molar-refractivity contribution in [2.75, 3.05) is 41.5 Å². The van der Waals surface area contributed by atoms with Crippen molar-refractivity contribution in [1.82, 2.24) is 10.2 Å². The Labute approximate surface area is 278 Å². The highest BCUT2D eigenvalue weighted by molar-refractivity contribution is 6.08. The number of amides is 2. The lowest BCUT2D eigenvalue weighted by molar-refractivity contribution is -0.326. The van der Waals surface area contributed by atoms with Crippen LogP contribution in [0.1, 0.15) is 50.8 Å². The van der Waals surface area contributed by atoms with Gasteiger partial charge in [0.1, 0.15) is 5.75 Å². The van der Waals surface area contributed by atoms with E-state index in [1.54, 1.807) is 43.3 Å². The molecule has 2 N–H and O–H groups in total. The number of ketones is 1. The lowest BCUT2D eigenvalue weighted by Gasteiger charge is -2.50. The standard InChI is InChI=1S/C35H40N2O11/c1-24(45-4)28-19-20-37(33(41)42)35(47-23-44-3,48-32(40)27-13-9-6-10-14-27)34(21-28,30(38)25-11-7-5-8-12-25)36-31(39)26-15-17-29(18-16-26)46-22-43-2/h5-18,24,28H,19-23H2,1-4H3,(H,36,39)(H,41,42). The topological polar surface area (TPSA) is 159 Å². The van der Waals surface area contributed by atoms with E-state index in [0.29, 0.717) is 5.75 Å². The maximum Gasteiger partial charge on any atom is 0.412 e. The molecule has 2 amide bonds. The van der Waals surface area contributed by atoms with Gasteiger partial charge in [0.05, 0.1) is 11.7 Å². The minimum Gasteiger partial charge on any atom is -0.468 e. The highest BCUT2D eigenvalue weighted by atomic mass is 16.8. The molecule has 48 heavy (non-hydrogen) atoms. The smallest absolute Gasteiger partial charge is 0.412 e. The van der Waals surface area contributed by atoms with E-state index in [-0.39, 0.29) is 42.9 Å². The molecule has 0 saturated carbocycles. The Morgan fingerprint density at radius 2 is 1.46 bits per heavy atom. The molecule has 1 aliphatic heterocycles. The summed E-state index contributed by atoms with van der Waals surface area (Å²) in [6.07, 6.45) is -2.20. The number of carboxylic acid groups (broad SMARTS) is 1. The number of carbonyl (C=O) groups excluding carboxylic acids is 3. The van der Waals surface area contributed by atoms with Crippen LogP contribution in [0.4, 0.5) is 4.79 Å². The Morgan fingerprint density at radius 3 is 2.02 bits per heavy atom. The predicted octanol–water partition coefficient (Wildman–Crippen LogP) is 4.58. The summed E-state index contributed by atoms with van der Waals surface area (Å²) in [4.78, 5) is 57.3. The second-order valence-electron chi connectivity index (χ2n) is 11.1. The number of carbonyl (C=O) groups is 4. The van der Waals surface area contributed by atoms with E-state index in [2.05, 4.69) is 5.32 Å². The number of hydrogen-bond acceptors (Lipinski definition) is 10. The Bertz CT molecular complexity index is 1540. The zero-order valence-corrected chi connectivity index (χ0v) is 27.3. The van der Waals surface area contributed by atoms with Gasteiger partial charge in [0.25, 0.3) is 5.91 Å². The lowest BCUT2D eigenvalue weighted by atomic mass is 9.76. The third-order valence-electron chi connectivity index (χ3n) is 8.28. The van der Waals surface area contributed by atoms with Gasteiger partial charge in [0, 0.05) is 39.0 Å². The molecule has 256 valence electrons. The summed E-state index contributed by atoms with van der Waals surface area (Å²) < 4.78 is 33.6. The van der Waals surface area contributed by atoms with Crippen LogP contribution in [0, 0.1) is 5.92 Å². The molecule has 13 heteroatoms. The van der Waals surface area contributed by atoms with Gasteiger partial charge in [-0.15, -0.1) is 0 Å². The van der Waals surface area contributed by atoms with E-state index in [1.165, 1.54) is 69.9 Å². The Kier molecular flexibility index (Phi) is 12.3. The fourth-order valence-electron chi connectivity index (χ4n) is 5.74. The van der Waals surface area contributed by atoms with Crippen LogP contribution < -0.4 is 10.1 Å². The summed E-state index contributed by atoms with van der Waals surface area (Å²) in [5.41, 5.74) is -2.16. The monoisotopic (exact) mass is 664 g/mol. The normalized spacial score (nSPS) is 21.4. The van der Waals surface area contributed by atoms with Crippen LogP contribution in [-0.2, 0) is 23.7 Å². The van der Waals surface area contributed by atoms with Crippen molar-refractivity contribution in [3.8, 4) is 5.75 Å². The van der Waals surface area contributed by atoms with Crippen LogP contribution in [0.5, 0.6) is 5.75 Å². The largest absolute Gasteiger partial charge is 0.468 e. The average Bonchev–Trinajstić information content (AvgIpc) is 3.25. The average molecular weight is 665 g/mol. The van der Waals surface area contributed by atoms with Crippen LogP contribution in [-0.4, -0.2) is 92.8 Å². The van der Waals surface area contributed by atoms with E-state index in [1.807, 2.05) is 0 Å². The number of nitrogens with one attached hydrogen (secondary N) is 1. The van der Waals surface area contributed by atoms with Gasteiger partial charge >= 0.3 is 18.0 Å². The van der Waals surface area contributed by atoms with Crippen LogP contribution in [0.15, 0.2) is 84.9 Å². The third-order valence-corrected chi connectivity index (χ3v) is 8.28. The molecule has 0 radical (unpaired) electrons. The van der Waals surface area contributed by atoms with E-state index < -0.39 is 54.0 Å². The second-order valence-corrected chi connectivity index (χ2v) is 11.1. The van der Waals surface area contributed by atoms with Crippen molar-refractivity contribution in [2.45, 2.75) is 37.3 Å². The number of nitrogens with zero attached hydrogens (tertiary/aromatic N) is 1. The number of benzene rings is 3. The molecular formula is C35H40N2O11. The third kappa shape index (κ3) is 7.66. The number of esters is 1. The quantitative estimate of drug-likeness (QED) is 0.141. The first-order valence-corrected chi connectivity index (χ1v) is 15.2. The summed E-state index contributed by atoms with van der Waals surface area (Å²) in [6.45, 7) is 0.871. The highest BCUT2D eigenvalue weighted by Crippen LogP contribution is 2.45. The van der Waals surface area contributed by atoms with Gasteiger partial charge in [-0.05, 0) is 62.1 Å². The van der Waals surface area contributed by atoms with Gasteiger partial charge in [0.2, 0.25) is 0 Å². The second kappa shape index (κ2) is 16.3. The SMILES string of the molecule is COCOc1ccc(C(=O)NC2(C(=O)c3ccccc3)CC(C(C)OC)CCN(C(=O)O)C2(OCOC)OC(=O)c2ccccc2)cc1. The number of likely N-dealkylation sites (tertiary alicyclic amines) is 1. The number of ether oxygens (including phenoxy) is 6. The summed E-state index contributed by atoms with van der Waals surface area (Å²) in [5, 5.41) is 13.6. The number of methoxy groups -OCH3 is 3. The van der Waals surface area contributed by atoms with Crippen molar-refractivity contribution in [3.05, 3.63) is 102 Å². The van der Waals surface area contributed by atoms with Crippen molar-refractivity contribution in [1.29, 1.82) is 0 Å². The van der Waals surface area contributed by atoms with Crippen LogP contribution in [0.3, 0.4) is 0 Å². The zero-order valence-electron chi connectivity index (χ0n) is 27.3. The lowest BCUT2D eigenvalue weighted by Crippen LogP contribution is -2.77. The Hall–Kier alpha value is -4.82. The number of rotatable bonds is 14. The molecule has 1 heterocycles. The molecule has 13 nitrogen and oxygen atoms in total. The van der Waals surface area contributed by atoms with Gasteiger partial charge in [-0.1, -0.05) is 48.5 Å². The molecule has 0 aliphatic carbocycles. The number of hydrogen-bond donors (Lipinski definition) is 2. The van der Waals surface area contributed by atoms with Gasteiger partial charge in [0.15, 0.2) is 24.9 Å². The predicted molar refractivity (Wildman–Crippen MR) is 171 cm³/mol. The molecule has 1 aliphatic rings. The zero-order chi connectivity index (χ0) is 34.7. The van der Waals surface area contributed by atoms with Gasteiger partial charge in [-0.25, -0.2) is 14.5 Å². The van der Waals surface area contributed by atoms with Gasteiger partial charge in [-0.2, -0.15) is 0 Å².